The minimum Gasteiger partial charge on any atom is -0.466 e. The molecular formula is C73H120O9. The molecule has 9 unspecified atom stereocenters. The van der Waals surface area contributed by atoms with Gasteiger partial charge in [-0.2, -0.15) is 0 Å². The third-order valence-electron chi connectivity index (χ3n) is 31.7. The van der Waals surface area contributed by atoms with Crippen LogP contribution in [-0.4, -0.2) is 80.7 Å². The third-order valence-corrected chi connectivity index (χ3v) is 31.7. The average Bonchev–Trinajstić information content (AvgIpc) is 4.10. The highest BCUT2D eigenvalue weighted by Gasteiger charge is 2.67. The fourth-order valence-corrected chi connectivity index (χ4v) is 27.1. The molecule has 466 valence electrons. The maximum absolute atomic E-state index is 13.9. The summed E-state index contributed by atoms with van der Waals surface area (Å²) in [6, 6.07) is 0. The molecule has 82 heavy (non-hydrogen) atoms. The van der Waals surface area contributed by atoms with Gasteiger partial charge in [-0.1, -0.05) is 75.7 Å². The van der Waals surface area contributed by atoms with Crippen LogP contribution in [0.25, 0.3) is 0 Å². The van der Waals surface area contributed by atoms with Crippen LogP contribution in [0.3, 0.4) is 0 Å². The summed E-state index contributed by atoms with van der Waals surface area (Å²) >= 11 is 0. The van der Waals surface area contributed by atoms with E-state index in [1.165, 1.54) is 64.2 Å². The Balaban J connectivity index is 0.602. The second-order valence-corrected chi connectivity index (χ2v) is 34.6. The van der Waals surface area contributed by atoms with Crippen molar-refractivity contribution in [2.75, 3.05) is 6.61 Å². The standard InChI is InChI=1S/C73H120O9/c1-11-50-59-39-49(82-64(79)21-13-41(2)52-16-18-55-65-57(25-31-70(52,55)7)68(5)28-22-47(74)35-46(68)38-62(65)77)24-30-72(59,9)58-26-32-71(8)53(17-19-56(71)66(58)67(50)80)43(4)27-33-81-63(78)20-12-42(3)54-15-14-44-36-51-60(40-73(44,54)10)69(6)29-23-48(75)34-45(69)37-61(51)76/h41-62,65-67,74-77,80H,11-40H2,1-10H3/t41-,42-,43-,44?,45+,46+,47-,48-,49-,50-,51?,52-,53-,54-,55?,56?,57?,58?,59+,60?,61+,62+,65?,66?,67-,68+,69+,70-,71-,72-,73+/m1/s1. The molecule has 0 heterocycles. The van der Waals surface area contributed by atoms with E-state index < -0.39 is 0 Å². The predicted octanol–water partition coefficient (Wildman–Crippen LogP) is 14.5. The highest BCUT2D eigenvalue weighted by molar-refractivity contribution is 5.69. The van der Waals surface area contributed by atoms with Crippen LogP contribution in [0.1, 0.15) is 255 Å². The van der Waals surface area contributed by atoms with E-state index in [2.05, 4.69) is 69.2 Å². The summed E-state index contributed by atoms with van der Waals surface area (Å²) in [6.07, 6.45) is 27.8. The second kappa shape index (κ2) is 22.7. The first-order valence-corrected chi connectivity index (χ1v) is 35.6. The first-order valence-electron chi connectivity index (χ1n) is 35.6. The third kappa shape index (κ3) is 9.95. The van der Waals surface area contributed by atoms with Crippen molar-refractivity contribution < 1.29 is 44.6 Å². The lowest BCUT2D eigenvalue weighted by molar-refractivity contribution is -0.207. The highest BCUT2D eigenvalue weighted by atomic mass is 16.5. The van der Waals surface area contributed by atoms with Crippen LogP contribution >= 0.6 is 0 Å². The number of aliphatic hydroxyl groups is 5. The molecule has 0 aromatic rings. The first kappa shape index (κ1) is 61.0. The van der Waals surface area contributed by atoms with Gasteiger partial charge in [-0.05, 0) is 312 Å². The van der Waals surface area contributed by atoms with Gasteiger partial charge in [-0.3, -0.25) is 9.59 Å². The minimum atomic E-state index is -0.331. The maximum atomic E-state index is 13.9. The molecule has 0 aliphatic heterocycles. The van der Waals surface area contributed by atoms with Crippen LogP contribution in [0.4, 0.5) is 0 Å². The molecule has 9 nitrogen and oxygen atoms in total. The van der Waals surface area contributed by atoms with Gasteiger partial charge in [0.2, 0.25) is 0 Å². The number of carbonyl (C=O) groups is 2. The van der Waals surface area contributed by atoms with Crippen molar-refractivity contribution in [2.24, 2.45) is 145 Å². The lowest BCUT2D eigenvalue weighted by Gasteiger charge is -2.64. The van der Waals surface area contributed by atoms with Gasteiger partial charge in [-0.25, -0.2) is 0 Å². The summed E-state index contributed by atoms with van der Waals surface area (Å²) in [5, 5.41) is 57.2. The molecule has 0 aromatic heterocycles. The van der Waals surface area contributed by atoms with E-state index in [0.717, 1.165) is 109 Å². The van der Waals surface area contributed by atoms with Crippen molar-refractivity contribution in [3.8, 4) is 0 Å². The van der Waals surface area contributed by atoms with E-state index in [-0.39, 0.29) is 87.0 Å². The van der Waals surface area contributed by atoms with Crippen LogP contribution in [-0.2, 0) is 19.1 Å². The monoisotopic (exact) mass is 1140 g/mol. The summed E-state index contributed by atoms with van der Waals surface area (Å²) in [4.78, 5) is 27.5. The summed E-state index contributed by atoms with van der Waals surface area (Å²) in [6.45, 7) is 25.2. The number of fused-ring (bicyclic) bond motifs is 14. The molecule has 12 rings (SSSR count). The van der Waals surface area contributed by atoms with Crippen molar-refractivity contribution in [1.82, 2.24) is 0 Å². The Morgan fingerprint density at radius 1 is 0.463 bits per heavy atom. The fourth-order valence-electron chi connectivity index (χ4n) is 27.1. The molecule has 0 spiro atoms. The van der Waals surface area contributed by atoms with E-state index in [0.29, 0.717) is 126 Å². The minimum absolute atomic E-state index is 0.0298. The van der Waals surface area contributed by atoms with Gasteiger partial charge >= 0.3 is 11.9 Å². The van der Waals surface area contributed by atoms with Gasteiger partial charge in [0.05, 0.1) is 37.1 Å². The van der Waals surface area contributed by atoms with Gasteiger partial charge in [0.15, 0.2) is 0 Å². The van der Waals surface area contributed by atoms with Gasteiger partial charge in [0.1, 0.15) is 6.10 Å². The molecule has 0 radical (unpaired) electrons. The number of esters is 2. The summed E-state index contributed by atoms with van der Waals surface area (Å²) in [5.74, 6) is 8.68. The highest BCUT2D eigenvalue weighted by Crippen LogP contribution is 2.72. The number of rotatable bonds is 14. The van der Waals surface area contributed by atoms with Crippen molar-refractivity contribution in [3.63, 3.8) is 0 Å². The normalized spacial score (nSPS) is 54.0. The lowest BCUT2D eigenvalue weighted by atomic mass is 9.41. The smallest absolute Gasteiger partial charge is 0.306 e. The van der Waals surface area contributed by atoms with Gasteiger partial charge in [0.25, 0.3) is 0 Å². The van der Waals surface area contributed by atoms with Gasteiger partial charge < -0.3 is 35.0 Å². The van der Waals surface area contributed by atoms with Crippen molar-refractivity contribution >= 4 is 11.9 Å². The summed E-state index contributed by atoms with van der Waals surface area (Å²) < 4.78 is 12.6. The van der Waals surface area contributed by atoms with E-state index in [4.69, 9.17) is 9.47 Å². The molecule has 12 aliphatic rings. The van der Waals surface area contributed by atoms with Crippen LogP contribution in [0.5, 0.6) is 0 Å². The maximum Gasteiger partial charge on any atom is 0.306 e. The molecule has 0 aromatic carbocycles. The molecule has 12 saturated carbocycles. The van der Waals surface area contributed by atoms with Gasteiger partial charge in [-0.15, -0.1) is 0 Å². The van der Waals surface area contributed by atoms with Crippen LogP contribution in [0, 0.1) is 145 Å². The van der Waals surface area contributed by atoms with Crippen LogP contribution in [0.2, 0.25) is 0 Å². The molecular weight excluding hydrogens is 1020 g/mol. The van der Waals surface area contributed by atoms with Crippen LogP contribution in [0.15, 0.2) is 0 Å². The van der Waals surface area contributed by atoms with Gasteiger partial charge in [0, 0.05) is 12.8 Å². The predicted molar refractivity (Wildman–Crippen MR) is 322 cm³/mol. The largest absolute Gasteiger partial charge is 0.466 e. The Labute approximate surface area is 497 Å². The molecule has 12 fully saturated rings. The number of ether oxygens (including phenoxy) is 2. The number of hydrogen-bond acceptors (Lipinski definition) is 9. The summed E-state index contributed by atoms with van der Waals surface area (Å²) in [7, 11) is 0. The molecule has 0 amide bonds. The zero-order chi connectivity index (χ0) is 58.2. The SMILES string of the molecule is CC[C@H]1[C@@H](O)C2C3CC[C@H]([C@H](C)CCOC(=O)CC[C@@H](C)[C@H]4CCC5CC6C(C[C@@]54C)[C@@]4(C)CC[C@@H](O)C[C@H]4C[C@@H]6O)[C@@]3(C)CCC2[C@@]2(C)CC[C@@H](OC(=O)CC[C@@H](C)[C@H]3CCC4C5C(CC[C@@]43C)[C@@]3(C)CC[C@@H](O)C[C@H]3C[C@@H]5O)C[C@@H]12. The van der Waals surface area contributed by atoms with Crippen LogP contribution < -0.4 is 0 Å². The summed E-state index contributed by atoms with van der Waals surface area (Å²) in [5.41, 5.74) is 1.18. The first-order chi connectivity index (χ1) is 38.9. The second-order valence-electron chi connectivity index (χ2n) is 34.6. The zero-order valence-electron chi connectivity index (χ0n) is 53.5. The van der Waals surface area contributed by atoms with Crippen molar-refractivity contribution in [1.29, 1.82) is 0 Å². The molecule has 9 heteroatoms. The van der Waals surface area contributed by atoms with E-state index >= 15 is 0 Å². The Kier molecular flexibility index (Phi) is 16.8. The topological polar surface area (TPSA) is 154 Å². The Hall–Kier alpha value is -1.26. The number of aliphatic hydroxyl groups excluding tert-OH is 5. The average molecular weight is 1140 g/mol. The van der Waals surface area contributed by atoms with E-state index in [1.807, 2.05) is 0 Å². The van der Waals surface area contributed by atoms with E-state index in [9.17, 15) is 35.1 Å². The molecule has 0 saturated heterocycles. The molecule has 31 atom stereocenters. The zero-order valence-corrected chi connectivity index (χ0v) is 53.5. The Morgan fingerprint density at radius 2 is 0.963 bits per heavy atom. The number of carbonyl (C=O) groups excluding carboxylic acids is 2. The fraction of sp³-hybridized carbons (Fsp3) is 0.973. The quantitative estimate of drug-likeness (QED) is 0.107. The number of hydrogen-bond donors (Lipinski definition) is 5. The lowest BCUT2D eigenvalue weighted by Crippen LogP contribution is -2.62. The molecule has 12 aliphatic carbocycles. The van der Waals surface area contributed by atoms with E-state index in [1.54, 1.807) is 0 Å². The molecule has 0 bridgehead atoms. The molecule has 5 N–H and O–H groups in total. The Morgan fingerprint density at radius 3 is 1.59 bits per heavy atom. The Bertz CT molecular complexity index is 2290. The van der Waals surface area contributed by atoms with Crippen molar-refractivity contribution in [2.45, 2.75) is 292 Å². The van der Waals surface area contributed by atoms with Crippen molar-refractivity contribution in [3.05, 3.63) is 0 Å².